The summed E-state index contributed by atoms with van der Waals surface area (Å²) in [4.78, 5) is 18.8. The Balaban J connectivity index is 1.73. The van der Waals surface area contributed by atoms with Crippen molar-refractivity contribution in [2.24, 2.45) is 4.99 Å². The van der Waals surface area contributed by atoms with Crippen LogP contribution in [0.1, 0.15) is 21.5 Å². The fraction of sp³-hybridized carbons (Fsp3) is 0.130. The maximum absolute atomic E-state index is 12.5. The van der Waals surface area contributed by atoms with Crippen molar-refractivity contribution < 1.29 is 9.53 Å². The molecule has 134 valence electrons. The Morgan fingerprint density at radius 1 is 0.815 bits per heavy atom. The predicted molar refractivity (Wildman–Crippen MR) is 106 cm³/mol. The van der Waals surface area contributed by atoms with Gasteiger partial charge < -0.3 is 9.64 Å². The molecule has 0 spiro atoms. The van der Waals surface area contributed by atoms with Crippen LogP contribution in [0.15, 0.2) is 83.9 Å². The number of amides is 1. The molecule has 27 heavy (non-hydrogen) atoms. The molecule has 0 N–H and O–H groups in total. The van der Waals surface area contributed by atoms with Crippen molar-refractivity contribution in [2.75, 3.05) is 7.11 Å². The van der Waals surface area contributed by atoms with Crippen molar-refractivity contribution in [1.29, 1.82) is 0 Å². The minimum atomic E-state index is -0.307. The van der Waals surface area contributed by atoms with Crippen molar-refractivity contribution in [3.05, 3.63) is 95.6 Å². The second kappa shape index (κ2) is 7.46. The summed E-state index contributed by atoms with van der Waals surface area (Å²) in [7, 11) is 1.56. The van der Waals surface area contributed by atoms with Crippen LogP contribution in [0.25, 0.3) is 11.1 Å². The summed E-state index contributed by atoms with van der Waals surface area (Å²) in [6.07, 6.45) is 0. The zero-order valence-corrected chi connectivity index (χ0v) is 15.1. The van der Waals surface area contributed by atoms with E-state index in [2.05, 4.69) is 41.4 Å². The molecule has 0 aliphatic carbocycles. The van der Waals surface area contributed by atoms with Crippen LogP contribution in [0, 0.1) is 0 Å². The van der Waals surface area contributed by atoms with E-state index >= 15 is 0 Å². The quantitative estimate of drug-likeness (QED) is 0.476. The summed E-state index contributed by atoms with van der Waals surface area (Å²) in [5.74, 6) is -0.307. The molecule has 4 rings (SSSR count). The van der Waals surface area contributed by atoms with Gasteiger partial charge in [0.05, 0.1) is 7.11 Å². The van der Waals surface area contributed by atoms with E-state index < -0.39 is 0 Å². The summed E-state index contributed by atoms with van der Waals surface area (Å²) < 4.78 is 5.52. The zero-order chi connectivity index (χ0) is 18.6. The standard InChI is InChI=1S/C23H20N2O2/c1-27-23(24-22(26)17-9-3-2-4-10-17)25-15-18-11-5-7-13-20(18)21-14-8-6-12-19(21)16-25/h2-14H,15-16H2,1H3/b24-23-. The van der Waals surface area contributed by atoms with E-state index in [9.17, 15) is 4.79 Å². The topological polar surface area (TPSA) is 41.9 Å². The molecule has 1 aliphatic heterocycles. The first-order valence-corrected chi connectivity index (χ1v) is 8.89. The van der Waals surface area contributed by atoms with Gasteiger partial charge in [-0.2, -0.15) is 4.99 Å². The Morgan fingerprint density at radius 2 is 1.33 bits per heavy atom. The maximum atomic E-state index is 12.5. The van der Waals surface area contributed by atoms with Gasteiger partial charge in [0.15, 0.2) is 0 Å². The zero-order valence-electron chi connectivity index (χ0n) is 15.1. The lowest BCUT2D eigenvalue weighted by Crippen LogP contribution is -2.31. The van der Waals surface area contributed by atoms with E-state index in [0.29, 0.717) is 24.7 Å². The number of fused-ring (bicyclic) bond motifs is 3. The maximum Gasteiger partial charge on any atom is 0.295 e. The normalized spacial score (nSPS) is 13.4. The average molecular weight is 356 g/mol. The van der Waals surface area contributed by atoms with Crippen molar-refractivity contribution >= 4 is 11.9 Å². The fourth-order valence-electron chi connectivity index (χ4n) is 3.42. The Bertz CT molecular complexity index is 949. The summed E-state index contributed by atoms with van der Waals surface area (Å²) in [5, 5.41) is 0. The lowest BCUT2D eigenvalue weighted by molar-refractivity contribution is 0.0995. The van der Waals surface area contributed by atoms with Gasteiger partial charge in [0.2, 0.25) is 0 Å². The minimum Gasteiger partial charge on any atom is -0.468 e. The summed E-state index contributed by atoms with van der Waals surface area (Å²) in [6.45, 7) is 1.25. The second-order valence-electron chi connectivity index (χ2n) is 6.44. The highest BCUT2D eigenvalue weighted by Gasteiger charge is 2.22. The Hall–Kier alpha value is -3.40. The van der Waals surface area contributed by atoms with Crippen molar-refractivity contribution in [3.63, 3.8) is 0 Å². The molecule has 0 fully saturated rings. The number of benzene rings is 3. The molecular formula is C23H20N2O2. The molecule has 4 heteroatoms. The molecule has 1 amide bonds. The fourth-order valence-corrected chi connectivity index (χ4v) is 3.42. The van der Waals surface area contributed by atoms with Crippen LogP contribution in [-0.2, 0) is 17.8 Å². The van der Waals surface area contributed by atoms with Crippen LogP contribution in [0.3, 0.4) is 0 Å². The highest BCUT2D eigenvalue weighted by Crippen LogP contribution is 2.32. The summed E-state index contributed by atoms with van der Waals surface area (Å²) in [5.41, 5.74) is 5.32. The van der Waals surface area contributed by atoms with Crippen LogP contribution >= 0.6 is 0 Å². The number of hydrogen-bond acceptors (Lipinski definition) is 2. The first-order chi connectivity index (χ1) is 13.3. The Kier molecular flexibility index (Phi) is 4.71. The van der Waals surface area contributed by atoms with Gasteiger partial charge in [-0.05, 0) is 34.4 Å². The highest BCUT2D eigenvalue weighted by molar-refractivity contribution is 6.01. The van der Waals surface area contributed by atoms with E-state index in [4.69, 9.17) is 4.74 Å². The lowest BCUT2D eigenvalue weighted by atomic mass is 9.97. The number of hydrogen-bond donors (Lipinski definition) is 0. The molecule has 0 saturated heterocycles. The van der Waals surface area contributed by atoms with E-state index in [-0.39, 0.29) is 5.91 Å². The number of methoxy groups -OCH3 is 1. The molecule has 3 aromatic rings. The number of aliphatic imine (C=N–C) groups is 1. The Labute approximate surface area is 158 Å². The number of ether oxygens (including phenoxy) is 1. The molecular weight excluding hydrogens is 336 g/mol. The third-order valence-electron chi connectivity index (χ3n) is 4.72. The van der Waals surface area contributed by atoms with E-state index in [1.54, 1.807) is 19.2 Å². The molecule has 0 radical (unpaired) electrons. The van der Waals surface area contributed by atoms with Gasteiger partial charge in [0, 0.05) is 18.7 Å². The van der Waals surface area contributed by atoms with Gasteiger partial charge in [0.25, 0.3) is 11.9 Å². The van der Waals surface area contributed by atoms with Crippen LogP contribution < -0.4 is 0 Å². The molecule has 0 unspecified atom stereocenters. The van der Waals surface area contributed by atoms with Gasteiger partial charge in [-0.25, -0.2) is 0 Å². The average Bonchev–Trinajstić information content (AvgIpc) is 2.89. The third kappa shape index (κ3) is 3.47. The number of carbonyl (C=O) groups excluding carboxylic acids is 1. The smallest absolute Gasteiger partial charge is 0.295 e. The minimum absolute atomic E-state index is 0.307. The molecule has 0 atom stereocenters. The first kappa shape index (κ1) is 17.0. The van der Waals surface area contributed by atoms with Crippen LogP contribution in [0.4, 0.5) is 0 Å². The predicted octanol–water partition coefficient (Wildman–Crippen LogP) is 4.51. The van der Waals surface area contributed by atoms with Crippen LogP contribution in [0.5, 0.6) is 0 Å². The molecule has 3 aromatic carbocycles. The lowest BCUT2D eigenvalue weighted by Gasteiger charge is -2.23. The largest absolute Gasteiger partial charge is 0.468 e. The SMILES string of the molecule is CO/C(=N\C(=O)c1ccccc1)N1Cc2ccccc2-c2ccccc2C1. The molecule has 0 saturated carbocycles. The van der Waals surface area contributed by atoms with Gasteiger partial charge in [-0.15, -0.1) is 0 Å². The second-order valence-corrected chi connectivity index (χ2v) is 6.44. The van der Waals surface area contributed by atoms with E-state index in [0.717, 1.165) is 0 Å². The number of rotatable bonds is 1. The van der Waals surface area contributed by atoms with Gasteiger partial charge in [-0.3, -0.25) is 4.79 Å². The van der Waals surface area contributed by atoms with Gasteiger partial charge >= 0.3 is 0 Å². The van der Waals surface area contributed by atoms with Crippen molar-refractivity contribution in [2.45, 2.75) is 13.1 Å². The van der Waals surface area contributed by atoms with Crippen LogP contribution in [-0.4, -0.2) is 23.9 Å². The monoisotopic (exact) mass is 356 g/mol. The molecule has 0 bridgehead atoms. The van der Waals surface area contributed by atoms with E-state index in [1.165, 1.54) is 22.3 Å². The van der Waals surface area contributed by atoms with Gasteiger partial charge in [0.1, 0.15) is 0 Å². The number of amidine groups is 1. The molecule has 1 aliphatic rings. The molecule has 1 heterocycles. The summed E-state index contributed by atoms with van der Waals surface area (Å²) in [6, 6.07) is 26.0. The molecule has 4 nitrogen and oxygen atoms in total. The molecule has 0 aromatic heterocycles. The highest BCUT2D eigenvalue weighted by atomic mass is 16.5. The van der Waals surface area contributed by atoms with Gasteiger partial charge in [-0.1, -0.05) is 66.7 Å². The number of nitrogens with zero attached hydrogens (tertiary/aromatic N) is 2. The van der Waals surface area contributed by atoms with E-state index in [1.807, 2.05) is 35.2 Å². The van der Waals surface area contributed by atoms with Crippen molar-refractivity contribution in [3.8, 4) is 11.1 Å². The number of carbonyl (C=O) groups is 1. The summed E-state index contributed by atoms with van der Waals surface area (Å²) >= 11 is 0. The van der Waals surface area contributed by atoms with Crippen LogP contribution in [0.2, 0.25) is 0 Å². The Morgan fingerprint density at radius 3 is 1.89 bits per heavy atom. The third-order valence-corrected chi connectivity index (χ3v) is 4.72. The first-order valence-electron chi connectivity index (χ1n) is 8.89. The van der Waals surface area contributed by atoms with Crippen molar-refractivity contribution in [1.82, 2.24) is 4.90 Å².